The molecule has 0 fully saturated rings. The second-order valence-corrected chi connectivity index (χ2v) is 6.30. The van der Waals surface area contributed by atoms with E-state index < -0.39 is 17.6 Å². The lowest BCUT2D eigenvalue weighted by molar-refractivity contribution is -0.122. The Kier molecular flexibility index (Phi) is 4.27. The third-order valence-corrected chi connectivity index (χ3v) is 4.61. The van der Waals surface area contributed by atoms with Gasteiger partial charge in [-0.05, 0) is 11.1 Å². The Morgan fingerprint density at radius 1 is 1.15 bits per heavy atom. The second kappa shape index (κ2) is 6.89. The lowest BCUT2D eigenvalue weighted by Crippen LogP contribution is -2.34. The number of Topliss-reactive ketones (excluding diaryl/α,β-unsaturated/α-hetero) is 1. The zero-order valence-electron chi connectivity index (χ0n) is 14.3. The molecule has 1 unspecified atom stereocenters. The first-order valence-electron chi connectivity index (χ1n) is 8.51. The molecule has 1 heterocycles. The van der Waals surface area contributed by atoms with Gasteiger partial charge in [0.1, 0.15) is 0 Å². The first kappa shape index (κ1) is 16.7. The third kappa shape index (κ3) is 3.00. The molecule has 132 valence electrons. The highest BCUT2D eigenvalue weighted by Gasteiger charge is 2.35. The molecule has 0 radical (unpaired) electrons. The van der Waals surface area contributed by atoms with E-state index in [0.29, 0.717) is 17.7 Å². The molecule has 0 aliphatic heterocycles. The molecule has 1 amide bonds. The third-order valence-electron chi connectivity index (χ3n) is 4.61. The lowest BCUT2D eigenvalue weighted by Gasteiger charge is -2.09. The van der Waals surface area contributed by atoms with Gasteiger partial charge in [0, 0.05) is 24.1 Å². The van der Waals surface area contributed by atoms with Gasteiger partial charge in [-0.3, -0.25) is 9.59 Å². The van der Waals surface area contributed by atoms with E-state index in [1.807, 2.05) is 54.6 Å². The molecular formula is C21H15N3O3. The van der Waals surface area contributed by atoms with Crippen molar-refractivity contribution in [3.63, 3.8) is 0 Å². The molecule has 4 rings (SSSR count). The van der Waals surface area contributed by atoms with E-state index in [1.54, 1.807) is 6.07 Å². The minimum atomic E-state index is -1.47. The molecule has 3 aromatic rings. The number of nitriles is 1. The zero-order chi connectivity index (χ0) is 18.8. The van der Waals surface area contributed by atoms with E-state index in [0.717, 1.165) is 16.7 Å². The summed E-state index contributed by atoms with van der Waals surface area (Å²) in [5.74, 6) is -2.21. The average molecular weight is 357 g/mol. The molecule has 27 heavy (non-hydrogen) atoms. The van der Waals surface area contributed by atoms with E-state index in [4.69, 9.17) is 4.52 Å². The van der Waals surface area contributed by atoms with Gasteiger partial charge in [0.25, 0.3) is 0 Å². The molecule has 1 aliphatic carbocycles. The van der Waals surface area contributed by atoms with Crippen LogP contribution >= 0.6 is 0 Å². The van der Waals surface area contributed by atoms with Crippen LogP contribution in [0.25, 0.3) is 11.3 Å². The number of ketones is 1. The van der Waals surface area contributed by atoms with E-state index in [2.05, 4.69) is 10.5 Å². The minimum absolute atomic E-state index is 0.0580. The molecule has 6 nitrogen and oxygen atoms in total. The van der Waals surface area contributed by atoms with Crippen molar-refractivity contribution < 1.29 is 14.1 Å². The van der Waals surface area contributed by atoms with Gasteiger partial charge in [0.2, 0.25) is 11.7 Å². The predicted molar refractivity (Wildman–Crippen MR) is 96.5 cm³/mol. The molecule has 1 aliphatic rings. The number of amides is 1. The highest BCUT2D eigenvalue weighted by Crippen LogP contribution is 2.38. The quantitative estimate of drug-likeness (QED) is 0.438. The first-order valence-corrected chi connectivity index (χ1v) is 8.51. The summed E-state index contributed by atoms with van der Waals surface area (Å²) < 4.78 is 5.35. The zero-order valence-corrected chi connectivity index (χ0v) is 14.3. The van der Waals surface area contributed by atoms with Crippen LogP contribution < -0.4 is 5.32 Å². The number of carbonyl (C=O) groups is 2. The molecule has 1 aromatic heterocycles. The summed E-state index contributed by atoms with van der Waals surface area (Å²) in [6.07, 6.45) is 0.500. The van der Waals surface area contributed by atoms with Crippen LogP contribution in [0.3, 0.4) is 0 Å². The Labute approximate surface area is 155 Å². The standard InChI is InChI=1S/C21H15N3O3/c22-11-17(21(26)23-12-13-6-2-1-3-7-13)19(25)18-16-10-14-8-4-5-9-15(14)20(16)27-24-18/h1-9,17H,10,12H2,(H,23,26). The van der Waals surface area contributed by atoms with E-state index in [-0.39, 0.29) is 12.2 Å². The fourth-order valence-electron chi connectivity index (χ4n) is 3.23. The van der Waals surface area contributed by atoms with Gasteiger partial charge in [0.05, 0.1) is 6.07 Å². The van der Waals surface area contributed by atoms with Crippen molar-refractivity contribution in [2.45, 2.75) is 13.0 Å². The summed E-state index contributed by atoms with van der Waals surface area (Å²) in [5, 5.41) is 15.9. The topological polar surface area (TPSA) is 96.0 Å². The SMILES string of the molecule is N#CC(C(=O)NCc1ccccc1)C(=O)c1noc2c1Cc1ccccc1-2. The van der Waals surface area contributed by atoms with Gasteiger partial charge in [-0.25, -0.2) is 0 Å². The van der Waals surface area contributed by atoms with Crippen LogP contribution in [0.1, 0.15) is 27.2 Å². The van der Waals surface area contributed by atoms with Crippen LogP contribution in [0.5, 0.6) is 0 Å². The highest BCUT2D eigenvalue weighted by molar-refractivity contribution is 6.12. The number of benzene rings is 2. The van der Waals surface area contributed by atoms with Crippen LogP contribution in [-0.4, -0.2) is 16.8 Å². The van der Waals surface area contributed by atoms with Crippen LogP contribution in [0.15, 0.2) is 59.1 Å². The van der Waals surface area contributed by atoms with E-state index in [9.17, 15) is 14.9 Å². The van der Waals surface area contributed by atoms with Crippen LogP contribution in [-0.2, 0) is 17.8 Å². The van der Waals surface area contributed by atoms with Crippen molar-refractivity contribution in [3.8, 4) is 17.4 Å². The minimum Gasteiger partial charge on any atom is -0.355 e. The fourth-order valence-corrected chi connectivity index (χ4v) is 3.23. The molecule has 1 atom stereocenters. The summed E-state index contributed by atoms with van der Waals surface area (Å²) in [4.78, 5) is 25.2. The maximum Gasteiger partial charge on any atom is 0.245 e. The van der Waals surface area contributed by atoms with Crippen molar-refractivity contribution in [2.75, 3.05) is 0 Å². The van der Waals surface area contributed by atoms with Crippen LogP contribution in [0.2, 0.25) is 0 Å². The van der Waals surface area contributed by atoms with Crippen LogP contribution in [0, 0.1) is 17.2 Å². The largest absolute Gasteiger partial charge is 0.355 e. The summed E-state index contributed by atoms with van der Waals surface area (Å²) in [5.41, 5.74) is 3.50. The number of hydrogen-bond donors (Lipinski definition) is 1. The number of aromatic nitrogens is 1. The number of hydrogen-bond acceptors (Lipinski definition) is 5. The maximum atomic E-state index is 12.8. The predicted octanol–water partition coefficient (Wildman–Crippen LogP) is 2.88. The summed E-state index contributed by atoms with van der Waals surface area (Å²) in [7, 11) is 0. The Morgan fingerprint density at radius 2 is 1.89 bits per heavy atom. The molecular weight excluding hydrogens is 342 g/mol. The Morgan fingerprint density at radius 3 is 2.67 bits per heavy atom. The highest BCUT2D eigenvalue weighted by atomic mass is 16.5. The van der Waals surface area contributed by atoms with Gasteiger partial charge >= 0.3 is 0 Å². The Hall–Kier alpha value is -3.72. The summed E-state index contributed by atoms with van der Waals surface area (Å²) in [6.45, 7) is 0.244. The molecule has 0 bridgehead atoms. The van der Waals surface area contributed by atoms with Crippen LogP contribution in [0.4, 0.5) is 0 Å². The number of nitrogens with one attached hydrogen (secondary N) is 1. The maximum absolute atomic E-state index is 12.8. The van der Waals surface area contributed by atoms with Gasteiger partial charge in [-0.15, -0.1) is 0 Å². The van der Waals surface area contributed by atoms with Crippen molar-refractivity contribution in [3.05, 3.63) is 77.0 Å². The normalized spacial score (nSPS) is 12.6. The molecule has 2 aromatic carbocycles. The van der Waals surface area contributed by atoms with Crippen molar-refractivity contribution >= 4 is 11.7 Å². The van der Waals surface area contributed by atoms with Gasteiger partial charge in [0.15, 0.2) is 17.4 Å². The number of nitrogens with zero attached hydrogens (tertiary/aromatic N) is 2. The lowest BCUT2D eigenvalue weighted by atomic mass is 9.98. The molecule has 0 saturated carbocycles. The van der Waals surface area contributed by atoms with Gasteiger partial charge in [-0.1, -0.05) is 59.8 Å². The smallest absolute Gasteiger partial charge is 0.245 e. The Balaban J connectivity index is 1.53. The molecule has 0 spiro atoms. The number of rotatable bonds is 5. The number of fused-ring (bicyclic) bond motifs is 3. The fraction of sp³-hybridized carbons (Fsp3) is 0.143. The number of carbonyl (C=O) groups excluding carboxylic acids is 2. The first-order chi connectivity index (χ1) is 13.2. The van der Waals surface area contributed by atoms with E-state index in [1.165, 1.54) is 0 Å². The monoisotopic (exact) mass is 357 g/mol. The average Bonchev–Trinajstić information content (AvgIpc) is 3.27. The Bertz CT molecular complexity index is 1060. The molecule has 1 N–H and O–H groups in total. The second-order valence-electron chi connectivity index (χ2n) is 6.30. The summed E-state index contributed by atoms with van der Waals surface area (Å²) >= 11 is 0. The summed E-state index contributed by atoms with van der Waals surface area (Å²) in [6, 6.07) is 18.7. The van der Waals surface area contributed by atoms with Gasteiger partial charge < -0.3 is 9.84 Å². The molecule has 6 heteroatoms. The van der Waals surface area contributed by atoms with E-state index >= 15 is 0 Å². The van der Waals surface area contributed by atoms with Crippen molar-refractivity contribution in [2.24, 2.45) is 5.92 Å². The molecule has 0 saturated heterocycles. The van der Waals surface area contributed by atoms with Gasteiger partial charge in [-0.2, -0.15) is 5.26 Å². The van der Waals surface area contributed by atoms with Crippen molar-refractivity contribution in [1.29, 1.82) is 5.26 Å². The van der Waals surface area contributed by atoms with Crippen molar-refractivity contribution in [1.82, 2.24) is 10.5 Å².